The van der Waals surface area contributed by atoms with Gasteiger partial charge in [0.05, 0.1) is 0 Å². The minimum Gasteiger partial charge on any atom is -0.362 e. The molecule has 0 rings (SSSR count). The number of Topliss-reactive ketones (excluding diaryl/α,β-unsaturated/α-hetero) is 1. The molecular formula is C6H12O3. The summed E-state index contributed by atoms with van der Waals surface area (Å²) >= 11 is 0. The average molecular weight is 132 g/mol. The van der Waals surface area contributed by atoms with Crippen LogP contribution in [0.3, 0.4) is 0 Å². The van der Waals surface area contributed by atoms with Crippen LogP contribution in [0.15, 0.2) is 0 Å². The summed E-state index contributed by atoms with van der Waals surface area (Å²) in [6.07, 6.45) is 0.139. The van der Waals surface area contributed by atoms with Crippen LogP contribution >= 0.6 is 0 Å². The van der Waals surface area contributed by atoms with Crippen molar-refractivity contribution in [3.05, 3.63) is 0 Å². The van der Waals surface area contributed by atoms with E-state index >= 15 is 0 Å². The lowest BCUT2D eigenvalue weighted by atomic mass is 10.2. The summed E-state index contributed by atoms with van der Waals surface area (Å²) in [7, 11) is 0. The Kier molecular flexibility index (Phi) is 4.26. The Morgan fingerprint density at radius 1 is 1.56 bits per heavy atom. The van der Waals surface area contributed by atoms with Gasteiger partial charge in [-0.3, -0.25) is 4.79 Å². The Morgan fingerprint density at radius 3 is 2.44 bits per heavy atom. The predicted molar refractivity (Wildman–Crippen MR) is 32.8 cm³/mol. The average Bonchev–Trinajstić information content (AvgIpc) is 1.82. The summed E-state index contributed by atoms with van der Waals surface area (Å²) < 4.78 is 0. The standard InChI is InChI=1S/C6H12O3/c1-2-3-4-5(7)6(8)9/h6,8-9H,2-4H2,1H3. The maximum atomic E-state index is 10.4. The van der Waals surface area contributed by atoms with Gasteiger partial charge < -0.3 is 10.2 Å². The van der Waals surface area contributed by atoms with Crippen molar-refractivity contribution in [3.8, 4) is 0 Å². The minimum absolute atomic E-state index is 0.272. The van der Waals surface area contributed by atoms with E-state index in [2.05, 4.69) is 0 Å². The van der Waals surface area contributed by atoms with Crippen LogP contribution in [0.25, 0.3) is 0 Å². The number of hydrogen-bond donors (Lipinski definition) is 2. The van der Waals surface area contributed by atoms with Gasteiger partial charge in [0.2, 0.25) is 6.29 Å². The third-order valence-corrected chi connectivity index (χ3v) is 1.06. The molecule has 0 bridgehead atoms. The number of unbranched alkanes of at least 4 members (excludes halogenated alkanes) is 1. The van der Waals surface area contributed by atoms with Crippen molar-refractivity contribution in [1.82, 2.24) is 0 Å². The second-order valence-electron chi connectivity index (χ2n) is 1.94. The topological polar surface area (TPSA) is 57.5 Å². The van der Waals surface area contributed by atoms with E-state index in [1.54, 1.807) is 0 Å². The molecule has 0 aliphatic heterocycles. The number of aliphatic hydroxyl groups excluding tert-OH is 1. The van der Waals surface area contributed by atoms with E-state index in [-0.39, 0.29) is 6.42 Å². The Labute approximate surface area is 54.3 Å². The van der Waals surface area contributed by atoms with Crippen molar-refractivity contribution in [2.24, 2.45) is 0 Å². The van der Waals surface area contributed by atoms with Crippen LogP contribution < -0.4 is 0 Å². The molecule has 0 aromatic heterocycles. The quantitative estimate of drug-likeness (QED) is 0.531. The van der Waals surface area contributed by atoms with Crippen LogP contribution in [0.2, 0.25) is 0 Å². The second-order valence-corrected chi connectivity index (χ2v) is 1.94. The van der Waals surface area contributed by atoms with Crippen LogP contribution in [-0.4, -0.2) is 22.3 Å². The molecule has 0 aliphatic carbocycles. The first-order chi connectivity index (χ1) is 4.18. The third-order valence-electron chi connectivity index (χ3n) is 1.06. The molecule has 2 N–H and O–H groups in total. The first kappa shape index (κ1) is 8.59. The summed E-state index contributed by atoms with van der Waals surface area (Å²) in [6.45, 7) is 1.94. The van der Waals surface area contributed by atoms with Gasteiger partial charge in [-0.15, -0.1) is 0 Å². The molecule has 0 fully saturated rings. The van der Waals surface area contributed by atoms with Crippen molar-refractivity contribution in [2.45, 2.75) is 32.5 Å². The van der Waals surface area contributed by atoms with E-state index in [9.17, 15) is 4.79 Å². The molecule has 0 aromatic rings. The molecule has 0 spiro atoms. The molecule has 0 aliphatic rings. The summed E-state index contributed by atoms with van der Waals surface area (Å²) in [5, 5.41) is 16.5. The molecule has 54 valence electrons. The van der Waals surface area contributed by atoms with Crippen LogP contribution in [0, 0.1) is 0 Å². The molecule has 0 amide bonds. The fraction of sp³-hybridized carbons (Fsp3) is 0.833. The number of carbonyl (C=O) groups excluding carboxylic acids is 1. The Morgan fingerprint density at radius 2 is 2.11 bits per heavy atom. The van der Waals surface area contributed by atoms with Crippen LogP contribution in [0.4, 0.5) is 0 Å². The molecule has 0 unspecified atom stereocenters. The first-order valence-corrected chi connectivity index (χ1v) is 3.07. The molecule has 0 aromatic carbocycles. The highest BCUT2D eigenvalue weighted by Gasteiger charge is 2.08. The van der Waals surface area contributed by atoms with Crippen LogP contribution in [0.5, 0.6) is 0 Å². The molecule has 0 radical (unpaired) electrons. The van der Waals surface area contributed by atoms with Gasteiger partial charge in [-0.05, 0) is 6.42 Å². The number of rotatable bonds is 4. The fourth-order valence-electron chi connectivity index (χ4n) is 0.480. The molecule has 0 heterocycles. The SMILES string of the molecule is CCCCC(=O)C(O)O. The zero-order valence-corrected chi connectivity index (χ0v) is 5.50. The Hall–Kier alpha value is -0.410. The molecule has 9 heavy (non-hydrogen) atoms. The lowest BCUT2D eigenvalue weighted by molar-refractivity contribution is -0.145. The maximum absolute atomic E-state index is 10.4. The van der Waals surface area contributed by atoms with E-state index < -0.39 is 12.1 Å². The molecular weight excluding hydrogens is 120 g/mol. The van der Waals surface area contributed by atoms with Crippen molar-refractivity contribution in [2.75, 3.05) is 0 Å². The number of ketones is 1. The highest BCUT2D eigenvalue weighted by molar-refractivity contribution is 5.81. The van der Waals surface area contributed by atoms with Gasteiger partial charge in [-0.1, -0.05) is 13.3 Å². The van der Waals surface area contributed by atoms with Crippen molar-refractivity contribution in [1.29, 1.82) is 0 Å². The van der Waals surface area contributed by atoms with Gasteiger partial charge >= 0.3 is 0 Å². The van der Waals surface area contributed by atoms with Crippen molar-refractivity contribution >= 4 is 5.78 Å². The monoisotopic (exact) mass is 132 g/mol. The van der Waals surface area contributed by atoms with E-state index in [1.807, 2.05) is 6.92 Å². The number of aliphatic hydroxyl groups is 2. The minimum atomic E-state index is -1.77. The van der Waals surface area contributed by atoms with Gasteiger partial charge in [0, 0.05) is 6.42 Å². The molecule has 3 heteroatoms. The van der Waals surface area contributed by atoms with Gasteiger partial charge in [0.15, 0.2) is 5.78 Å². The molecule has 0 saturated carbocycles. The highest BCUT2D eigenvalue weighted by Crippen LogP contribution is 1.96. The third kappa shape index (κ3) is 4.12. The lowest BCUT2D eigenvalue weighted by Gasteiger charge is -1.98. The zero-order chi connectivity index (χ0) is 7.28. The number of carbonyl (C=O) groups is 1. The van der Waals surface area contributed by atoms with Gasteiger partial charge in [-0.25, -0.2) is 0 Å². The maximum Gasteiger partial charge on any atom is 0.212 e. The molecule has 3 nitrogen and oxygen atoms in total. The van der Waals surface area contributed by atoms with Gasteiger partial charge in [-0.2, -0.15) is 0 Å². The highest BCUT2D eigenvalue weighted by atomic mass is 16.5. The smallest absolute Gasteiger partial charge is 0.212 e. The zero-order valence-electron chi connectivity index (χ0n) is 5.50. The van der Waals surface area contributed by atoms with E-state index in [4.69, 9.17) is 10.2 Å². The lowest BCUT2D eigenvalue weighted by Crippen LogP contribution is -2.18. The fourth-order valence-corrected chi connectivity index (χ4v) is 0.480. The summed E-state index contributed by atoms with van der Waals surface area (Å²) in [5.41, 5.74) is 0. The first-order valence-electron chi connectivity index (χ1n) is 3.07. The summed E-state index contributed by atoms with van der Waals surface area (Å²) in [4.78, 5) is 10.4. The summed E-state index contributed by atoms with van der Waals surface area (Å²) in [5.74, 6) is -0.489. The Bertz CT molecular complexity index is 88.3. The molecule has 0 atom stereocenters. The largest absolute Gasteiger partial charge is 0.362 e. The van der Waals surface area contributed by atoms with Gasteiger partial charge in [0.25, 0.3) is 0 Å². The Balaban J connectivity index is 3.28. The van der Waals surface area contributed by atoms with E-state index in [0.717, 1.165) is 12.8 Å². The van der Waals surface area contributed by atoms with E-state index in [1.165, 1.54) is 0 Å². The second kappa shape index (κ2) is 4.47. The number of hydrogen-bond acceptors (Lipinski definition) is 3. The van der Waals surface area contributed by atoms with Crippen LogP contribution in [0.1, 0.15) is 26.2 Å². The van der Waals surface area contributed by atoms with Crippen molar-refractivity contribution in [3.63, 3.8) is 0 Å². The van der Waals surface area contributed by atoms with Crippen molar-refractivity contribution < 1.29 is 15.0 Å². The normalized spacial score (nSPS) is 10.2. The predicted octanol–water partition coefficient (Wildman–Crippen LogP) is 0.0564. The van der Waals surface area contributed by atoms with Gasteiger partial charge in [0.1, 0.15) is 0 Å². The molecule has 0 saturated heterocycles. The summed E-state index contributed by atoms with van der Waals surface area (Å²) in [6, 6.07) is 0. The van der Waals surface area contributed by atoms with E-state index in [0.29, 0.717) is 0 Å². The van der Waals surface area contributed by atoms with Crippen LogP contribution in [-0.2, 0) is 4.79 Å².